The maximum Gasteiger partial charge on any atom is 0.416 e. The van der Waals surface area contributed by atoms with Crippen molar-refractivity contribution in [3.8, 4) is 16.9 Å². The molecule has 1 N–H and O–H groups in total. The highest BCUT2D eigenvalue weighted by molar-refractivity contribution is 5.73. The van der Waals surface area contributed by atoms with Crippen LogP contribution in [-0.4, -0.2) is 27.7 Å². The summed E-state index contributed by atoms with van der Waals surface area (Å²) in [6.45, 7) is 13.0. The molecule has 0 amide bonds. The van der Waals surface area contributed by atoms with Crippen LogP contribution in [0.3, 0.4) is 0 Å². The van der Waals surface area contributed by atoms with Crippen molar-refractivity contribution < 1.29 is 27.8 Å². The Morgan fingerprint density at radius 2 is 1.61 bits per heavy atom. The highest BCUT2D eigenvalue weighted by atomic mass is 19.4. The Labute approximate surface area is 269 Å². The van der Waals surface area contributed by atoms with E-state index in [0.29, 0.717) is 41.7 Å². The van der Waals surface area contributed by atoms with Crippen LogP contribution in [0.15, 0.2) is 60.9 Å². The molecule has 0 aliphatic heterocycles. The van der Waals surface area contributed by atoms with Crippen molar-refractivity contribution in [1.29, 1.82) is 0 Å². The third-order valence-corrected chi connectivity index (χ3v) is 8.35. The number of aryl methyl sites for hydroxylation is 4. The maximum absolute atomic E-state index is 13.8. The van der Waals surface area contributed by atoms with Gasteiger partial charge in [-0.3, -0.25) is 4.79 Å². The molecule has 0 aliphatic carbocycles. The average molecular weight is 634 g/mol. The molecule has 0 aliphatic rings. The Kier molecular flexibility index (Phi) is 11.1. The molecule has 0 saturated heterocycles. The first kappa shape index (κ1) is 34.5. The second-order valence-electron chi connectivity index (χ2n) is 12.1. The van der Waals surface area contributed by atoms with Gasteiger partial charge in [-0.05, 0) is 103 Å². The number of aliphatic carboxylic acids is 1. The molecule has 1 atom stereocenters. The van der Waals surface area contributed by atoms with Crippen molar-refractivity contribution in [2.75, 3.05) is 11.5 Å². The summed E-state index contributed by atoms with van der Waals surface area (Å²) >= 11 is 0. The molecule has 244 valence electrons. The molecule has 0 fully saturated rings. The van der Waals surface area contributed by atoms with Gasteiger partial charge in [0.25, 0.3) is 0 Å². The van der Waals surface area contributed by atoms with E-state index in [1.165, 1.54) is 24.0 Å². The van der Waals surface area contributed by atoms with Gasteiger partial charge in [0.2, 0.25) is 5.95 Å². The summed E-state index contributed by atoms with van der Waals surface area (Å²) < 4.78 is 46.9. The summed E-state index contributed by atoms with van der Waals surface area (Å²) in [4.78, 5) is 21.8. The minimum Gasteiger partial charge on any atom is -0.490 e. The van der Waals surface area contributed by atoms with Gasteiger partial charge in [-0.2, -0.15) is 13.2 Å². The van der Waals surface area contributed by atoms with Crippen LogP contribution in [0.2, 0.25) is 0 Å². The topological polar surface area (TPSA) is 75.6 Å². The third kappa shape index (κ3) is 8.86. The molecule has 6 nitrogen and oxygen atoms in total. The summed E-state index contributed by atoms with van der Waals surface area (Å²) in [7, 11) is 0. The number of carbonyl (C=O) groups is 1. The van der Waals surface area contributed by atoms with Crippen LogP contribution in [0.5, 0.6) is 5.75 Å². The van der Waals surface area contributed by atoms with E-state index in [9.17, 15) is 18.0 Å². The molecule has 0 bridgehead atoms. The fourth-order valence-electron chi connectivity index (χ4n) is 5.43. The van der Waals surface area contributed by atoms with Crippen molar-refractivity contribution in [2.45, 2.75) is 86.0 Å². The van der Waals surface area contributed by atoms with Crippen LogP contribution in [0.4, 0.5) is 19.1 Å². The monoisotopic (exact) mass is 633 g/mol. The largest absolute Gasteiger partial charge is 0.490 e. The lowest BCUT2D eigenvalue weighted by molar-refractivity contribution is -0.138. The molecule has 0 spiro atoms. The van der Waals surface area contributed by atoms with E-state index in [1.807, 2.05) is 4.90 Å². The number of hydrogen-bond donors (Lipinski definition) is 1. The van der Waals surface area contributed by atoms with E-state index in [4.69, 9.17) is 9.84 Å². The first-order valence-corrected chi connectivity index (χ1v) is 15.6. The van der Waals surface area contributed by atoms with Crippen LogP contribution < -0.4 is 9.64 Å². The summed E-state index contributed by atoms with van der Waals surface area (Å²) in [5.74, 6) is 0.215. The first-order chi connectivity index (χ1) is 21.7. The molecule has 1 aromatic heterocycles. The Morgan fingerprint density at radius 1 is 0.913 bits per heavy atom. The van der Waals surface area contributed by atoms with E-state index in [2.05, 4.69) is 74.9 Å². The van der Waals surface area contributed by atoms with Crippen LogP contribution in [0.1, 0.15) is 83.5 Å². The number of alkyl halides is 3. The van der Waals surface area contributed by atoms with E-state index in [-0.39, 0.29) is 19.6 Å². The first-order valence-electron chi connectivity index (χ1n) is 15.6. The Balaban J connectivity index is 1.77. The van der Waals surface area contributed by atoms with Gasteiger partial charge in [0.1, 0.15) is 0 Å². The highest BCUT2D eigenvalue weighted by Gasteiger charge is 2.31. The van der Waals surface area contributed by atoms with Crippen molar-refractivity contribution in [1.82, 2.24) is 9.97 Å². The van der Waals surface area contributed by atoms with Crippen LogP contribution in [0, 0.1) is 27.7 Å². The molecule has 1 heterocycles. The van der Waals surface area contributed by atoms with E-state index in [1.54, 1.807) is 13.0 Å². The van der Waals surface area contributed by atoms with Crippen LogP contribution >= 0.6 is 0 Å². The lowest BCUT2D eigenvalue weighted by Gasteiger charge is -2.26. The number of benzene rings is 3. The zero-order chi connectivity index (χ0) is 33.6. The van der Waals surface area contributed by atoms with Crippen LogP contribution in [-0.2, 0) is 24.1 Å². The predicted octanol–water partition coefficient (Wildman–Crippen LogP) is 9.36. The Hall–Kier alpha value is -4.40. The fourth-order valence-corrected chi connectivity index (χ4v) is 5.43. The summed E-state index contributed by atoms with van der Waals surface area (Å²) in [5.41, 5.74) is 8.15. The molecule has 4 rings (SSSR count). The number of carboxylic acid groups (broad SMARTS) is 1. The molecular formula is C37H42F3N3O3. The summed E-state index contributed by atoms with van der Waals surface area (Å²) in [6.07, 6.45) is -0.111. The van der Waals surface area contributed by atoms with E-state index < -0.39 is 17.7 Å². The molecule has 9 heteroatoms. The van der Waals surface area contributed by atoms with Gasteiger partial charge < -0.3 is 14.7 Å². The minimum absolute atomic E-state index is 0.0127. The standard InChI is InChI=1S/C37H42F3N3O3/c1-7-24(3)29-11-10-25(4)33(18-29)34-16-27(6)26(5)15-30(34)22-43(21-28-13-23(2)14-31(17-28)37(38,39)40)36-41-19-32(20-42-36)46-12-8-9-35(44)45/h10-11,13-20,24H,7-9,12,21-22H2,1-6H3,(H,44,45). The minimum atomic E-state index is -4.47. The zero-order valence-corrected chi connectivity index (χ0v) is 27.3. The number of hydrogen-bond acceptors (Lipinski definition) is 5. The predicted molar refractivity (Wildman–Crippen MR) is 175 cm³/mol. The quantitative estimate of drug-likeness (QED) is 0.148. The van der Waals surface area contributed by atoms with E-state index in [0.717, 1.165) is 45.9 Å². The van der Waals surface area contributed by atoms with E-state index >= 15 is 0 Å². The lowest BCUT2D eigenvalue weighted by atomic mass is 9.88. The van der Waals surface area contributed by atoms with Crippen LogP contribution in [0.25, 0.3) is 11.1 Å². The second-order valence-corrected chi connectivity index (χ2v) is 12.1. The number of rotatable bonds is 13. The number of anilines is 1. The van der Waals surface area contributed by atoms with Crippen molar-refractivity contribution in [3.63, 3.8) is 0 Å². The zero-order valence-electron chi connectivity index (χ0n) is 27.3. The van der Waals surface area contributed by atoms with Gasteiger partial charge in [0.15, 0.2) is 5.75 Å². The molecule has 1 unspecified atom stereocenters. The smallest absolute Gasteiger partial charge is 0.416 e. The molecule has 46 heavy (non-hydrogen) atoms. The van der Waals surface area contributed by atoms with Gasteiger partial charge in [0.05, 0.1) is 24.6 Å². The van der Waals surface area contributed by atoms with Gasteiger partial charge in [-0.1, -0.05) is 55.8 Å². The third-order valence-electron chi connectivity index (χ3n) is 8.35. The maximum atomic E-state index is 13.8. The molecule has 0 saturated carbocycles. The van der Waals surface area contributed by atoms with Gasteiger partial charge >= 0.3 is 12.1 Å². The molecule has 4 aromatic rings. The van der Waals surface area contributed by atoms with Crippen molar-refractivity contribution >= 4 is 11.9 Å². The average Bonchev–Trinajstić information content (AvgIpc) is 3.00. The molecule has 3 aromatic carbocycles. The number of aromatic nitrogens is 2. The Morgan fingerprint density at radius 3 is 2.26 bits per heavy atom. The molecule has 0 radical (unpaired) electrons. The van der Waals surface area contributed by atoms with Gasteiger partial charge in [-0.25, -0.2) is 9.97 Å². The number of ether oxygens (including phenoxy) is 1. The highest BCUT2D eigenvalue weighted by Crippen LogP contribution is 2.35. The normalized spacial score (nSPS) is 12.2. The summed E-state index contributed by atoms with van der Waals surface area (Å²) in [5, 5.41) is 8.87. The van der Waals surface area contributed by atoms with Gasteiger partial charge in [-0.15, -0.1) is 0 Å². The number of halogens is 3. The molecular weight excluding hydrogens is 591 g/mol. The van der Waals surface area contributed by atoms with Gasteiger partial charge in [0, 0.05) is 19.5 Å². The second kappa shape index (κ2) is 14.8. The van der Waals surface area contributed by atoms with Crippen molar-refractivity contribution in [2.24, 2.45) is 0 Å². The van der Waals surface area contributed by atoms with Crippen molar-refractivity contribution in [3.05, 3.63) is 105 Å². The SMILES string of the molecule is CCC(C)c1ccc(C)c(-c2cc(C)c(C)cc2CN(Cc2cc(C)cc(C(F)(F)F)c2)c2ncc(OCCCC(=O)O)cn2)c1. The Bertz CT molecular complexity index is 1670. The lowest BCUT2D eigenvalue weighted by Crippen LogP contribution is -2.25. The summed E-state index contributed by atoms with van der Waals surface area (Å²) in [6, 6.07) is 15.0. The number of nitrogens with zero attached hydrogens (tertiary/aromatic N) is 3. The fraction of sp³-hybridized carbons (Fsp3) is 0.378. The number of carboxylic acids is 1.